The van der Waals surface area contributed by atoms with Crippen LogP contribution in [0.25, 0.3) is 0 Å². The van der Waals surface area contributed by atoms with E-state index < -0.39 is 5.82 Å². The molecule has 0 aromatic heterocycles. The molecule has 0 heterocycles. The summed E-state index contributed by atoms with van der Waals surface area (Å²) in [5.74, 6) is 0.485. The highest BCUT2D eigenvalue weighted by Crippen LogP contribution is 2.30. The zero-order valence-electron chi connectivity index (χ0n) is 15.7. The van der Waals surface area contributed by atoms with Crippen LogP contribution >= 0.6 is 0 Å². The molecule has 1 aromatic rings. The Kier molecular flexibility index (Phi) is 8.73. The van der Waals surface area contributed by atoms with E-state index in [4.69, 9.17) is 5.26 Å². The molecule has 1 aliphatic rings. The van der Waals surface area contributed by atoms with Gasteiger partial charge in [0.2, 0.25) is 0 Å². The van der Waals surface area contributed by atoms with Gasteiger partial charge < -0.3 is 0 Å². The lowest BCUT2D eigenvalue weighted by Gasteiger charge is -2.22. The van der Waals surface area contributed by atoms with E-state index in [-0.39, 0.29) is 5.56 Å². The third kappa shape index (κ3) is 7.02. The van der Waals surface area contributed by atoms with E-state index in [1.807, 2.05) is 12.1 Å². The van der Waals surface area contributed by atoms with Crippen molar-refractivity contribution >= 4 is 0 Å². The predicted octanol–water partition coefficient (Wildman–Crippen LogP) is 7.11. The van der Waals surface area contributed by atoms with Crippen LogP contribution in [0.3, 0.4) is 0 Å². The molecule has 0 radical (unpaired) electrons. The zero-order chi connectivity index (χ0) is 17.9. The molecule has 1 aliphatic carbocycles. The molecule has 0 fully saturated rings. The van der Waals surface area contributed by atoms with Gasteiger partial charge in [-0.15, -0.1) is 0 Å². The minimum atomic E-state index is -0.392. The fraction of sp³-hybridized carbons (Fsp3) is 0.609. The number of allylic oxidation sites excluding steroid dienone is 2. The molecule has 0 bridgehead atoms. The van der Waals surface area contributed by atoms with Crippen LogP contribution in [0, 0.1) is 23.1 Å². The Morgan fingerprint density at radius 2 is 1.92 bits per heavy atom. The SMILES string of the molecule is CCCCCCCCC1CC=C(CCc2ccc(C#N)c(F)c2)CC1. The maximum Gasteiger partial charge on any atom is 0.141 e. The second-order valence-corrected chi connectivity index (χ2v) is 7.49. The Balaban J connectivity index is 1.65. The average Bonchev–Trinajstić information content (AvgIpc) is 2.64. The standard InChI is InChI=1S/C23H32FN/c1-2-3-4-5-6-7-8-19-9-11-20(12-10-19)13-14-21-15-16-22(18-25)23(24)17-21/h11,15-17,19H,2-10,12-14H2,1H3. The summed E-state index contributed by atoms with van der Waals surface area (Å²) in [4.78, 5) is 0. The maximum atomic E-state index is 13.6. The van der Waals surface area contributed by atoms with Crippen molar-refractivity contribution in [2.45, 2.75) is 84.0 Å². The summed E-state index contributed by atoms with van der Waals surface area (Å²) < 4.78 is 13.6. The smallest absolute Gasteiger partial charge is 0.141 e. The number of unbranched alkanes of at least 4 members (excludes halogenated alkanes) is 5. The van der Waals surface area contributed by atoms with Gasteiger partial charge >= 0.3 is 0 Å². The number of nitriles is 1. The van der Waals surface area contributed by atoms with Gasteiger partial charge in [0.05, 0.1) is 5.56 Å². The molecule has 0 N–H and O–H groups in total. The van der Waals surface area contributed by atoms with Crippen LogP contribution in [0.2, 0.25) is 0 Å². The summed E-state index contributed by atoms with van der Waals surface area (Å²) in [6, 6.07) is 6.87. The molecule has 136 valence electrons. The summed E-state index contributed by atoms with van der Waals surface area (Å²) in [6.45, 7) is 2.27. The van der Waals surface area contributed by atoms with Crippen LogP contribution in [0.1, 0.15) is 88.7 Å². The molecule has 1 atom stereocenters. The van der Waals surface area contributed by atoms with Crippen molar-refractivity contribution in [3.63, 3.8) is 0 Å². The Bertz CT molecular complexity index is 597. The normalized spacial score (nSPS) is 17.2. The quantitative estimate of drug-likeness (QED) is 0.328. The Morgan fingerprint density at radius 3 is 2.60 bits per heavy atom. The lowest BCUT2D eigenvalue weighted by atomic mass is 9.84. The molecule has 0 amide bonds. The van der Waals surface area contributed by atoms with E-state index in [2.05, 4.69) is 13.0 Å². The molecule has 1 aromatic carbocycles. The van der Waals surface area contributed by atoms with E-state index >= 15 is 0 Å². The van der Waals surface area contributed by atoms with Crippen LogP contribution in [0.15, 0.2) is 29.8 Å². The van der Waals surface area contributed by atoms with E-state index in [1.54, 1.807) is 6.07 Å². The third-order valence-electron chi connectivity index (χ3n) is 5.47. The lowest BCUT2D eigenvalue weighted by molar-refractivity contribution is 0.409. The van der Waals surface area contributed by atoms with Crippen molar-refractivity contribution in [1.29, 1.82) is 5.26 Å². The highest BCUT2D eigenvalue weighted by Gasteiger charge is 2.14. The Labute approximate surface area is 152 Å². The molecule has 25 heavy (non-hydrogen) atoms. The first-order chi connectivity index (χ1) is 12.2. The number of hydrogen-bond donors (Lipinski definition) is 0. The number of hydrogen-bond acceptors (Lipinski definition) is 1. The van der Waals surface area contributed by atoms with E-state index in [9.17, 15) is 4.39 Å². The van der Waals surface area contributed by atoms with Crippen LogP contribution < -0.4 is 0 Å². The minimum Gasteiger partial charge on any atom is -0.206 e. The first kappa shape index (κ1) is 19.7. The van der Waals surface area contributed by atoms with Gasteiger partial charge in [0.15, 0.2) is 0 Å². The fourth-order valence-corrected chi connectivity index (χ4v) is 3.76. The largest absolute Gasteiger partial charge is 0.206 e. The van der Waals surface area contributed by atoms with Crippen molar-refractivity contribution < 1.29 is 4.39 Å². The highest BCUT2D eigenvalue weighted by molar-refractivity contribution is 5.33. The summed E-state index contributed by atoms with van der Waals surface area (Å²) >= 11 is 0. The molecular formula is C23H32FN. The van der Waals surface area contributed by atoms with Crippen LogP contribution in [0.4, 0.5) is 4.39 Å². The molecule has 1 unspecified atom stereocenters. The first-order valence-electron chi connectivity index (χ1n) is 10.1. The molecule has 0 saturated heterocycles. The maximum absolute atomic E-state index is 13.6. The van der Waals surface area contributed by atoms with Gasteiger partial charge in [-0.3, -0.25) is 0 Å². The van der Waals surface area contributed by atoms with Gasteiger partial charge in [-0.25, -0.2) is 4.39 Å². The number of halogens is 1. The summed E-state index contributed by atoms with van der Waals surface area (Å²) in [6.07, 6.45) is 17.8. The van der Waals surface area contributed by atoms with Crippen molar-refractivity contribution in [2.24, 2.45) is 5.92 Å². The second kappa shape index (κ2) is 11.1. The van der Waals surface area contributed by atoms with Crippen molar-refractivity contribution in [3.05, 3.63) is 46.8 Å². The topological polar surface area (TPSA) is 23.8 Å². The third-order valence-corrected chi connectivity index (χ3v) is 5.47. The van der Waals surface area contributed by atoms with Gasteiger partial charge in [-0.05, 0) is 55.7 Å². The Morgan fingerprint density at radius 1 is 1.12 bits per heavy atom. The van der Waals surface area contributed by atoms with Gasteiger partial charge in [-0.1, -0.05) is 69.6 Å². The van der Waals surface area contributed by atoms with Crippen molar-refractivity contribution in [2.75, 3.05) is 0 Å². The molecule has 0 saturated carbocycles. The van der Waals surface area contributed by atoms with Crippen LogP contribution in [0.5, 0.6) is 0 Å². The predicted molar refractivity (Wildman–Crippen MR) is 103 cm³/mol. The van der Waals surface area contributed by atoms with Gasteiger partial charge in [0, 0.05) is 0 Å². The molecule has 1 nitrogen and oxygen atoms in total. The summed E-state index contributed by atoms with van der Waals surface area (Å²) in [5.41, 5.74) is 2.66. The van der Waals surface area contributed by atoms with Crippen molar-refractivity contribution in [1.82, 2.24) is 0 Å². The van der Waals surface area contributed by atoms with Gasteiger partial charge in [-0.2, -0.15) is 5.26 Å². The van der Waals surface area contributed by atoms with Gasteiger partial charge in [0.1, 0.15) is 11.9 Å². The monoisotopic (exact) mass is 341 g/mol. The molecule has 2 rings (SSSR count). The number of rotatable bonds is 10. The summed E-state index contributed by atoms with van der Waals surface area (Å²) in [5, 5.41) is 8.78. The Hall–Kier alpha value is -1.62. The molecule has 0 aliphatic heterocycles. The number of aryl methyl sites for hydroxylation is 1. The van der Waals surface area contributed by atoms with E-state index in [0.29, 0.717) is 0 Å². The minimum absolute atomic E-state index is 0.137. The first-order valence-corrected chi connectivity index (χ1v) is 10.1. The molecule has 0 spiro atoms. The molecular weight excluding hydrogens is 309 g/mol. The second-order valence-electron chi connectivity index (χ2n) is 7.49. The van der Waals surface area contributed by atoms with Crippen LogP contribution in [-0.4, -0.2) is 0 Å². The number of benzene rings is 1. The lowest BCUT2D eigenvalue weighted by Crippen LogP contribution is -2.06. The highest BCUT2D eigenvalue weighted by atomic mass is 19.1. The van der Waals surface area contributed by atoms with E-state index in [0.717, 1.165) is 24.3 Å². The van der Waals surface area contributed by atoms with Crippen LogP contribution in [-0.2, 0) is 6.42 Å². The number of nitrogens with zero attached hydrogens (tertiary/aromatic N) is 1. The zero-order valence-corrected chi connectivity index (χ0v) is 15.7. The molecule has 2 heteroatoms. The average molecular weight is 342 g/mol. The van der Waals surface area contributed by atoms with Crippen molar-refractivity contribution in [3.8, 4) is 6.07 Å². The van der Waals surface area contributed by atoms with Gasteiger partial charge in [0.25, 0.3) is 0 Å². The van der Waals surface area contributed by atoms with E-state index in [1.165, 1.54) is 75.8 Å². The fourth-order valence-electron chi connectivity index (χ4n) is 3.76. The summed E-state index contributed by atoms with van der Waals surface area (Å²) in [7, 11) is 0.